The highest BCUT2D eigenvalue weighted by atomic mass is 32.1. The van der Waals surface area contributed by atoms with Gasteiger partial charge in [-0.2, -0.15) is 0 Å². The van der Waals surface area contributed by atoms with E-state index in [0.29, 0.717) is 6.54 Å². The van der Waals surface area contributed by atoms with Gasteiger partial charge in [0.2, 0.25) is 0 Å². The van der Waals surface area contributed by atoms with Gasteiger partial charge in [-0.1, -0.05) is 30.3 Å². The van der Waals surface area contributed by atoms with Crippen molar-refractivity contribution >= 4 is 23.0 Å². The van der Waals surface area contributed by atoms with Gasteiger partial charge in [0.05, 0.1) is 0 Å². The van der Waals surface area contributed by atoms with Gasteiger partial charge in [-0.25, -0.2) is 4.39 Å². The molecular formula is C19H22FN3S. The van der Waals surface area contributed by atoms with Crippen molar-refractivity contribution in [3.63, 3.8) is 0 Å². The van der Waals surface area contributed by atoms with E-state index in [-0.39, 0.29) is 5.82 Å². The molecule has 1 aliphatic rings. The van der Waals surface area contributed by atoms with Crippen molar-refractivity contribution in [3.05, 3.63) is 65.5 Å². The zero-order chi connectivity index (χ0) is 16.9. The summed E-state index contributed by atoms with van der Waals surface area (Å²) in [5.41, 5.74) is 2.98. The molecule has 2 aromatic carbocycles. The summed E-state index contributed by atoms with van der Waals surface area (Å²) in [5, 5.41) is 4.06. The average Bonchev–Trinajstić information content (AvgIpc) is 2.57. The van der Waals surface area contributed by atoms with Crippen molar-refractivity contribution < 1.29 is 4.39 Å². The maximum Gasteiger partial charge on any atom is 0.173 e. The van der Waals surface area contributed by atoms with E-state index >= 15 is 0 Å². The Morgan fingerprint density at radius 1 is 1.08 bits per heavy atom. The Hall–Kier alpha value is -1.98. The minimum Gasteiger partial charge on any atom is -0.346 e. The number of hydrogen-bond acceptors (Lipinski definition) is 2. The largest absolute Gasteiger partial charge is 0.346 e. The van der Waals surface area contributed by atoms with Crippen LogP contribution in [0.2, 0.25) is 0 Å². The Labute approximate surface area is 148 Å². The fourth-order valence-corrected chi connectivity index (χ4v) is 3.20. The normalized spacial score (nSPS) is 15.3. The summed E-state index contributed by atoms with van der Waals surface area (Å²) in [6.45, 7) is 6.18. The molecule has 1 saturated heterocycles. The van der Waals surface area contributed by atoms with E-state index in [1.165, 1.54) is 11.6 Å². The predicted octanol–water partition coefficient (Wildman–Crippen LogP) is 3.65. The van der Waals surface area contributed by atoms with Crippen molar-refractivity contribution in [2.24, 2.45) is 0 Å². The first-order valence-electron chi connectivity index (χ1n) is 8.20. The van der Waals surface area contributed by atoms with Crippen molar-refractivity contribution in [1.29, 1.82) is 0 Å². The van der Waals surface area contributed by atoms with Crippen LogP contribution in [0.25, 0.3) is 0 Å². The lowest BCUT2D eigenvalue weighted by atomic mass is 10.2. The standard InChI is InChI=1S/C19H22FN3S/c1-15-5-4-7-17(13-15)21-19(24)23-11-9-22(10-12-23)14-16-6-2-3-8-18(16)20/h2-8,13H,9-12,14H2,1H3,(H,21,24). The van der Waals surface area contributed by atoms with E-state index in [1.807, 2.05) is 24.3 Å². The molecule has 2 aromatic rings. The van der Waals surface area contributed by atoms with Gasteiger partial charge in [0.1, 0.15) is 5.82 Å². The lowest BCUT2D eigenvalue weighted by molar-refractivity contribution is 0.175. The summed E-state index contributed by atoms with van der Waals surface area (Å²) < 4.78 is 13.8. The van der Waals surface area contributed by atoms with Gasteiger partial charge >= 0.3 is 0 Å². The summed E-state index contributed by atoms with van der Waals surface area (Å²) >= 11 is 5.52. The van der Waals surface area contributed by atoms with Crippen LogP contribution in [0, 0.1) is 12.7 Å². The van der Waals surface area contributed by atoms with E-state index < -0.39 is 0 Å². The van der Waals surface area contributed by atoms with Crippen LogP contribution in [-0.2, 0) is 6.54 Å². The fourth-order valence-electron chi connectivity index (χ4n) is 2.90. The summed E-state index contributed by atoms with van der Waals surface area (Å²) in [6, 6.07) is 15.2. The van der Waals surface area contributed by atoms with E-state index in [1.54, 1.807) is 6.07 Å². The predicted molar refractivity (Wildman–Crippen MR) is 101 cm³/mol. The Kier molecular flexibility index (Phi) is 5.43. The van der Waals surface area contributed by atoms with Gasteiger partial charge in [-0.05, 0) is 42.9 Å². The van der Waals surface area contributed by atoms with Crippen LogP contribution in [0.5, 0.6) is 0 Å². The molecule has 1 aliphatic heterocycles. The second-order valence-corrected chi connectivity index (χ2v) is 6.54. The Bertz CT molecular complexity index is 711. The number of anilines is 1. The number of rotatable bonds is 3. The number of aryl methyl sites for hydroxylation is 1. The molecule has 3 nitrogen and oxygen atoms in total. The molecule has 126 valence electrons. The monoisotopic (exact) mass is 343 g/mol. The molecule has 3 rings (SSSR count). The van der Waals surface area contributed by atoms with Crippen LogP contribution in [0.3, 0.4) is 0 Å². The lowest BCUT2D eigenvalue weighted by Crippen LogP contribution is -2.49. The van der Waals surface area contributed by atoms with E-state index in [2.05, 4.69) is 34.2 Å². The van der Waals surface area contributed by atoms with E-state index in [0.717, 1.165) is 42.5 Å². The number of piperazine rings is 1. The highest BCUT2D eigenvalue weighted by Crippen LogP contribution is 2.14. The molecule has 0 bridgehead atoms. The highest BCUT2D eigenvalue weighted by Gasteiger charge is 2.19. The number of thiocarbonyl (C=S) groups is 1. The topological polar surface area (TPSA) is 18.5 Å². The van der Waals surface area contributed by atoms with Crippen LogP contribution in [-0.4, -0.2) is 41.1 Å². The zero-order valence-corrected chi connectivity index (χ0v) is 14.7. The second kappa shape index (κ2) is 7.73. The van der Waals surface area contributed by atoms with E-state index in [4.69, 9.17) is 12.2 Å². The average molecular weight is 343 g/mol. The Morgan fingerprint density at radius 2 is 1.83 bits per heavy atom. The number of benzene rings is 2. The molecule has 0 aromatic heterocycles. The van der Waals surface area contributed by atoms with Crippen molar-refractivity contribution in [2.45, 2.75) is 13.5 Å². The van der Waals surface area contributed by atoms with Crippen LogP contribution < -0.4 is 5.32 Å². The minimum atomic E-state index is -0.128. The smallest absolute Gasteiger partial charge is 0.173 e. The molecule has 5 heteroatoms. The van der Waals surface area contributed by atoms with Gasteiger partial charge in [-0.3, -0.25) is 4.90 Å². The highest BCUT2D eigenvalue weighted by molar-refractivity contribution is 7.80. The number of nitrogens with zero attached hydrogens (tertiary/aromatic N) is 2. The third-order valence-corrected chi connectivity index (χ3v) is 4.64. The third-order valence-electron chi connectivity index (χ3n) is 4.28. The third kappa shape index (κ3) is 4.30. The second-order valence-electron chi connectivity index (χ2n) is 6.15. The molecule has 0 aliphatic carbocycles. The molecule has 24 heavy (non-hydrogen) atoms. The molecule has 0 radical (unpaired) electrons. The van der Waals surface area contributed by atoms with Crippen LogP contribution >= 0.6 is 12.2 Å². The van der Waals surface area contributed by atoms with Crippen molar-refractivity contribution in [2.75, 3.05) is 31.5 Å². The van der Waals surface area contributed by atoms with Gasteiger partial charge < -0.3 is 10.2 Å². The Balaban J connectivity index is 1.51. The van der Waals surface area contributed by atoms with Gasteiger partial charge in [0.15, 0.2) is 5.11 Å². The minimum absolute atomic E-state index is 0.128. The number of nitrogens with one attached hydrogen (secondary N) is 1. The first-order valence-corrected chi connectivity index (χ1v) is 8.61. The maximum atomic E-state index is 13.8. The quantitative estimate of drug-likeness (QED) is 0.857. The first-order chi connectivity index (χ1) is 11.6. The maximum absolute atomic E-state index is 13.8. The van der Waals surface area contributed by atoms with Gasteiger partial charge in [-0.15, -0.1) is 0 Å². The van der Waals surface area contributed by atoms with E-state index in [9.17, 15) is 4.39 Å². The number of hydrogen-bond donors (Lipinski definition) is 1. The molecule has 0 saturated carbocycles. The van der Waals surface area contributed by atoms with Crippen LogP contribution in [0.1, 0.15) is 11.1 Å². The molecule has 1 N–H and O–H groups in total. The Morgan fingerprint density at radius 3 is 2.54 bits per heavy atom. The molecule has 0 spiro atoms. The summed E-state index contributed by atoms with van der Waals surface area (Å²) in [4.78, 5) is 4.44. The molecule has 1 fully saturated rings. The van der Waals surface area contributed by atoms with Gasteiger partial charge in [0.25, 0.3) is 0 Å². The van der Waals surface area contributed by atoms with Gasteiger partial charge in [0, 0.05) is 44.0 Å². The summed E-state index contributed by atoms with van der Waals surface area (Å²) in [7, 11) is 0. The summed E-state index contributed by atoms with van der Waals surface area (Å²) in [6.07, 6.45) is 0. The van der Waals surface area contributed by atoms with Crippen LogP contribution in [0.4, 0.5) is 10.1 Å². The molecule has 1 heterocycles. The zero-order valence-electron chi connectivity index (χ0n) is 13.8. The summed E-state index contributed by atoms with van der Waals surface area (Å²) in [5.74, 6) is -0.128. The van der Waals surface area contributed by atoms with Crippen molar-refractivity contribution in [1.82, 2.24) is 9.80 Å². The molecular weight excluding hydrogens is 321 g/mol. The lowest BCUT2D eigenvalue weighted by Gasteiger charge is -2.36. The molecule has 0 amide bonds. The fraction of sp³-hybridized carbons (Fsp3) is 0.316. The number of halogens is 1. The van der Waals surface area contributed by atoms with Crippen molar-refractivity contribution in [3.8, 4) is 0 Å². The van der Waals surface area contributed by atoms with Crippen LogP contribution in [0.15, 0.2) is 48.5 Å². The molecule has 0 unspecified atom stereocenters. The first kappa shape index (κ1) is 16.9. The molecule has 0 atom stereocenters. The SMILES string of the molecule is Cc1cccc(NC(=S)N2CCN(Cc3ccccc3F)CC2)c1.